The molecule has 0 saturated carbocycles. The average Bonchev–Trinajstić information content (AvgIpc) is 2.79. The van der Waals surface area contributed by atoms with Gasteiger partial charge >= 0.3 is 0 Å². The zero-order chi connectivity index (χ0) is 23.3. The van der Waals surface area contributed by atoms with Crippen molar-refractivity contribution in [3.8, 4) is 0 Å². The van der Waals surface area contributed by atoms with Crippen LogP contribution in [0.4, 0.5) is 11.4 Å². The minimum atomic E-state index is -0.0205. The van der Waals surface area contributed by atoms with Crippen molar-refractivity contribution in [2.45, 2.75) is 18.8 Å². The van der Waals surface area contributed by atoms with Crippen LogP contribution in [0.2, 0.25) is 5.02 Å². The molecule has 0 spiro atoms. The normalized spacial score (nSPS) is 12.5. The lowest BCUT2D eigenvalue weighted by Crippen LogP contribution is -2.14. The third-order valence-corrected chi connectivity index (χ3v) is 6.03. The number of anilines is 2. The second-order valence-electron chi connectivity index (χ2n) is 8.56. The van der Waals surface area contributed by atoms with E-state index in [-0.39, 0.29) is 11.8 Å². The SMILES string of the molecule is C/C(C=O)=C/[C@@H](c1ccc(Cl)cc1)C(c1ccc(N(C)C)cc1)c1ccc(N(C)C)cc1. The van der Waals surface area contributed by atoms with Gasteiger partial charge < -0.3 is 9.80 Å². The zero-order valence-corrected chi connectivity index (χ0v) is 20.2. The summed E-state index contributed by atoms with van der Waals surface area (Å²) in [6.45, 7) is 1.86. The largest absolute Gasteiger partial charge is 0.378 e. The van der Waals surface area contributed by atoms with Crippen LogP contribution in [0.3, 0.4) is 0 Å². The smallest absolute Gasteiger partial charge is 0.145 e. The van der Waals surface area contributed by atoms with Crippen molar-refractivity contribution in [1.82, 2.24) is 0 Å². The highest BCUT2D eigenvalue weighted by molar-refractivity contribution is 6.30. The third kappa shape index (κ3) is 5.60. The van der Waals surface area contributed by atoms with E-state index in [4.69, 9.17) is 11.6 Å². The van der Waals surface area contributed by atoms with Gasteiger partial charge in [0.05, 0.1) is 0 Å². The number of halogens is 1. The fourth-order valence-corrected chi connectivity index (χ4v) is 4.09. The molecular formula is C28H31ClN2O. The van der Waals surface area contributed by atoms with E-state index in [1.54, 1.807) is 0 Å². The van der Waals surface area contributed by atoms with Crippen LogP contribution >= 0.6 is 11.6 Å². The van der Waals surface area contributed by atoms with E-state index >= 15 is 0 Å². The van der Waals surface area contributed by atoms with E-state index in [0.29, 0.717) is 10.6 Å². The molecule has 0 N–H and O–H groups in total. The topological polar surface area (TPSA) is 23.6 Å². The van der Waals surface area contributed by atoms with Crippen LogP contribution in [0, 0.1) is 0 Å². The van der Waals surface area contributed by atoms with Gasteiger partial charge in [0, 0.05) is 56.4 Å². The van der Waals surface area contributed by atoms with Gasteiger partial charge in [-0.25, -0.2) is 0 Å². The summed E-state index contributed by atoms with van der Waals surface area (Å²) >= 11 is 6.18. The van der Waals surface area contributed by atoms with Crippen LogP contribution in [0.25, 0.3) is 0 Å². The molecular weight excluding hydrogens is 416 g/mol. The van der Waals surface area contributed by atoms with E-state index in [9.17, 15) is 4.79 Å². The predicted octanol–water partition coefficient (Wildman–Crippen LogP) is 6.53. The lowest BCUT2D eigenvalue weighted by atomic mass is 9.76. The number of hydrogen-bond acceptors (Lipinski definition) is 3. The molecule has 0 aliphatic heterocycles. The summed E-state index contributed by atoms with van der Waals surface area (Å²) in [5, 5.41) is 0.700. The Morgan fingerprint density at radius 1 is 0.719 bits per heavy atom. The second-order valence-corrected chi connectivity index (χ2v) is 8.99. The van der Waals surface area contributed by atoms with Crippen LogP contribution < -0.4 is 9.80 Å². The van der Waals surface area contributed by atoms with Crippen LogP contribution in [-0.2, 0) is 4.79 Å². The minimum absolute atomic E-state index is 0.0205. The van der Waals surface area contributed by atoms with Gasteiger partial charge in [-0.05, 0) is 65.6 Å². The number of rotatable bonds is 8. The lowest BCUT2D eigenvalue weighted by Gasteiger charge is -2.28. The maximum absolute atomic E-state index is 11.6. The number of benzene rings is 3. The second kappa shape index (κ2) is 10.5. The van der Waals surface area contributed by atoms with Crippen molar-refractivity contribution in [3.63, 3.8) is 0 Å². The van der Waals surface area contributed by atoms with Gasteiger partial charge in [-0.1, -0.05) is 54.1 Å². The van der Waals surface area contributed by atoms with Crippen molar-refractivity contribution >= 4 is 29.3 Å². The molecule has 166 valence electrons. The van der Waals surface area contributed by atoms with Gasteiger partial charge in [0.25, 0.3) is 0 Å². The standard InChI is InChI=1S/C28H31ClN2O/c1-20(19-32)18-27(21-6-12-24(29)13-7-21)28(22-8-14-25(15-9-22)30(2)3)23-10-16-26(17-11-23)31(4)5/h6-19,27-28H,1-5H3/b20-18-/t27-/m0/s1. The van der Waals surface area contributed by atoms with Gasteiger partial charge in [0.2, 0.25) is 0 Å². The minimum Gasteiger partial charge on any atom is -0.378 e. The summed E-state index contributed by atoms with van der Waals surface area (Å²) in [6, 6.07) is 25.3. The molecule has 0 radical (unpaired) electrons. The third-order valence-electron chi connectivity index (χ3n) is 5.78. The molecule has 0 bridgehead atoms. The van der Waals surface area contributed by atoms with E-state index in [2.05, 4.69) is 76.5 Å². The summed E-state index contributed by atoms with van der Waals surface area (Å²) in [5.74, 6) is 0.0198. The molecule has 1 atom stereocenters. The first-order chi connectivity index (χ1) is 15.3. The molecule has 32 heavy (non-hydrogen) atoms. The van der Waals surface area contributed by atoms with E-state index < -0.39 is 0 Å². The number of carbonyl (C=O) groups excluding carboxylic acids is 1. The van der Waals surface area contributed by atoms with E-state index in [1.807, 2.05) is 47.2 Å². The van der Waals surface area contributed by atoms with Crippen molar-refractivity contribution in [1.29, 1.82) is 0 Å². The Morgan fingerprint density at radius 2 is 1.12 bits per heavy atom. The van der Waals surface area contributed by atoms with Crippen LogP contribution in [-0.4, -0.2) is 34.5 Å². The van der Waals surface area contributed by atoms with Crippen molar-refractivity contribution in [3.05, 3.63) is 106 Å². The van der Waals surface area contributed by atoms with Gasteiger partial charge in [-0.15, -0.1) is 0 Å². The molecule has 0 aromatic heterocycles. The summed E-state index contributed by atoms with van der Waals surface area (Å²) in [4.78, 5) is 15.8. The zero-order valence-electron chi connectivity index (χ0n) is 19.4. The highest BCUT2D eigenvalue weighted by Gasteiger charge is 2.25. The highest BCUT2D eigenvalue weighted by Crippen LogP contribution is 2.41. The molecule has 3 nitrogen and oxygen atoms in total. The Hall–Kier alpha value is -3.04. The monoisotopic (exact) mass is 446 g/mol. The highest BCUT2D eigenvalue weighted by atomic mass is 35.5. The molecule has 0 heterocycles. The summed E-state index contributed by atoms with van der Waals surface area (Å²) in [6.07, 6.45) is 2.99. The molecule has 0 aliphatic carbocycles. The van der Waals surface area contributed by atoms with Crippen LogP contribution in [0.1, 0.15) is 35.4 Å². The number of aldehydes is 1. The summed E-state index contributed by atoms with van der Waals surface area (Å²) in [5.41, 5.74) is 6.53. The van der Waals surface area contributed by atoms with Gasteiger partial charge in [0.15, 0.2) is 0 Å². The lowest BCUT2D eigenvalue weighted by molar-refractivity contribution is -0.104. The molecule has 3 rings (SSSR count). The Labute approximate surface area is 196 Å². The Kier molecular flexibility index (Phi) is 7.76. The molecule has 0 fully saturated rings. The molecule has 4 heteroatoms. The number of hydrogen-bond donors (Lipinski definition) is 0. The van der Waals surface area contributed by atoms with Gasteiger partial charge in [0.1, 0.15) is 6.29 Å². The van der Waals surface area contributed by atoms with E-state index in [1.165, 1.54) is 11.1 Å². The Bertz CT molecular complexity index is 1000. The molecule has 0 unspecified atom stereocenters. The number of nitrogens with zero attached hydrogens (tertiary/aromatic N) is 2. The molecule has 3 aromatic rings. The predicted molar refractivity (Wildman–Crippen MR) is 137 cm³/mol. The average molecular weight is 447 g/mol. The van der Waals surface area contributed by atoms with Crippen molar-refractivity contribution in [2.24, 2.45) is 0 Å². The maximum Gasteiger partial charge on any atom is 0.145 e. The first-order valence-corrected chi connectivity index (χ1v) is 11.1. The Balaban J connectivity index is 2.19. The van der Waals surface area contributed by atoms with Gasteiger partial charge in [-0.2, -0.15) is 0 Å². The molecule has 3 aromatic carbocycles. The Morgan fingerprint density at radius 3 is 1.50 bits per heavy atom. The molecule has 0 aliphatic rings. The quantitative estimate of drug-likeness (QED) is 0.290. The summed E-state index contributed by atoms with van der Waals surface area (Å²) < 4.78 is 0. The van der Waals surface area contributed by atoms with Crippen molar-refractivity contribution in [2.75, 3.05) is 38.0 Å². The first-order valence-electron chi connectivity index (χ1n) is 10.7. The number of carbonyl (C=O) groups is 1. The van der Waals surface area contributed by atoms with Gasteiger partial charge in [-0.3, -0.25) is 4.79 Å². The summed E-state index contributed by atoms with van der Waals surface area (Å²) in [7, 11) is 8.16. The molecule has 0 saturated heterocycles. The van der Waals surface area contributed by atoms with Crippen molar-refractivity contribution < 1.29 is 4.79 Å². The van der Waals surface area contributed by atoms with Crippen LogP contribution in [0.15, 0.2) is 84.4 Å². The van der Waals surface area contributed by atoms with E-state index in [0.717, 1.165) is 23.2 Å². The fraction of sp³-hybridized carbons (Fsp3) is 0.250. The maximum atomic E-state index is 11.6. The molecule has 0 amide bonds. The first kappa shape index (κ1) is 23.6. The fourth-order valence-electron chi connectivity index (χ4n) is 3.96. The number of allylic oxidation sites excluding steroid dienone is 2. The van der Waals surface area contributed by atoms with Crippen LogP contribution in [0.5, 0.6) is 0 Å².